The summed E-state index contributed by atoms with van der Waals surface area (Å²) in [6.45, 7) is 3.26. The average molecular weight is 331 g/mol. The molecule has 5 nitrogen and oxygen atoms in total. The van der Waals surface area contributed by atoms with Crippen LogP contribution < -0.4 is 0 Å². The number of benzene rings is 1. The zero-order chi connectivity index (χ0) is 16.6. The van der Waals surface area contributed by atoms with Crippen molar-refractivity contribution in [2.24, 2.45) is 0 Å². The number of H-pyrrole nitrogens is 2. The quantitative estimate of drug-likeness (QED) is 0.600. The first kappa shape index (κ1) is 14.7. The second kappa shape index (κ2) is 6.01. The number of hydrogen-bond donors (Lipinski definition) is 2. The number of rotatable bonds is 3. The number of pyridine rings is 1. The molecule has 0 spiro atoms. The van der Waals surface area contributed by atoms with Crippen molar-refractivity contribution < 1.29 is 0 Å². The highest BCUT2D eigenvalue weighted by molar-refractivity contribution is 6.04. The Kier molecular flexibility index (Phi) is 3.52. The fourth-order valence-corrected chi connectivity index (χ4v) is 4.03. The highest BCUT2D eigenvalue weighted by atomic mass is 15.1. The number of aromatic nitrogens is 4. The maximum Gasteiger partial charge on any atom is 0.160 e. The van der Waals surface area contributed by atoms with Crippen LogP contribution in [0.25, 0.3) is 21.9 Å². The molecule has 1 saturated heterocycles. The summed E-state index contributed by atoms with van der Waals surface area (Å²) in [5.41, 5.74) is 4.56. The highest BCUT2D eigenvalue weighted by Gasteiger charge is 2.25. The molecule has 25 heavy (non-hydrogen) atoms. The third-order valence-corrected chi connectivity index (χ3v) is 5.36. The lowest BCUT2D eigenvalue weighted by molar-refractivity contribution is 0.204. The van der Waals surface area contributed by atoms with E-state index in [1.807, 2.05) is 18.5 Å². The van der Waals surface area contributed by atoms with Crippen molar-refractivity contribution in [1.82, 2.24) is 25.1 Å². The first-order chi connectivity index (χ1) is 12.4. The van der Waals surface area contributed by atoms with E-state index in [4.69, 9.17) is 4.98 Å². The Balaban J connectivity index is 1.38. The molecule has 1 aliphatic rings. The van der Waals surface area contributed by atoms with Crippen LogP contribution in [0.3, 0.4) is 0 Å². The summed E-state index contributed by atoms with van der Waals surface area (Å²) < 4.78 is 0. The molecule has 1 aromatic carbocycles. The van der Waals surface area contributed by atoms with E-state index in [0.717, 1.165) is 49.0 Å². The third-order valence-electron chi connectivity index (χ3n) is 5.36. The van der Waals surface area contributed by atoms with Crippen molar-refractivity contribution in [3.8, 4) is 0 Å². The van der Waals surface area contributed by atoms with E-state index in [2.05, 4.69) is 50.4 Å². The summed E-state index contributed by atoms with van der Waals surface area (Å²) in [7, 11) is 0. The minimum atomic E-state index is 0.489. The maximum absolute atomic E-state index is 4.89. The van der Waals surface area contributed by atoms with Gasteiger partial charge in [0, 0.05) is 35.6 Å². The first-order valence-corrected chi connectivity index (χ1v) is 8.95. The molecule has 126 valence electrons. The van der Waals surface area contributed by atoms with Gasteiger partial charge in [-0.2, -0.15) is 0 Å². The molecular formula is C20H21N5. The van der Waals surface area contributed by atoms with Crippen molar-refractivity contribution in [3.63, 3.8) is 0 Å². The Morgan fingerprint density at radius 3 is 2.72 bits per heavy atom. The smallest absolute Gasteiger partial charge is 0.160 e. The van der Waals surface area contributed by atoms with Crippen LogP contribution in [-0.2, 0) is 6.54 Å². The van der Waals surface area contributed by atoms with Gasteiger partial charge in [0.2, 0.25) is 0 Å². The van der Waals surface area contributed by atoms with E-state index in [9.17, 15) is 0 Å². The van der Waals surface area contributed by atoms with Gasteiger partial charge >= 0.3 is 0 Å². The van der Waals surface area contributed by atoms with E-state index in [-0.39, 0.29) is 0 Å². The van der Waals surface area contributed by atoms with Gasteiger partial charge in [0.1, 0.15) is 0 Å². The Bertz CT molecular complexity index is 993. The number of fused-ring (bicyclic) bond motifs is 3. The van der Waals surface area contributed by atoms with Gasteiger partial charge in [-0.3, -0.25) is 10.00 Å². The summed E-state index contributed by atoms with van der Waals surface area (Å²) in [4.78, 5) is 11.9. The van der Waals surface area contributed by atoms with E-state index in [0.29, 0.717) is 5.92 Å². The van der Waals surface area contributed by atoms with Crippen LogP contribution in [0.2, 0.25) is 0 Å². The van der Waals surface area contributed by atoms with Gasteiger partial charge < -0.3 is 5.10 Å². The minimum Gasteiger partial charge on any atom is -0.307 e. The zero-order valence-corrected chi connectivity index (χ0v) is 14.1. The summed E-state index contributed by atoms with van der Waals surface area (Å²) >= 11 is 0. The number of nitrogens with zero attached hydrogens (tertiary/aromatic N) is 3. The second-order valence-corrected chi connectivity index (χ2v) is 6.92. The lowest BCUT2D eigenvalue weighted by Gasteiger charge is -2.31. The van der Waals surface area contributed by atoms with Crippen LogP contribution in [-0.4, -0.2) is 38.2 Å². The summed E-state index contributed by atoms with van der Waals surface area (Å²) in [5.74, 6) is 0.489. The molecule has 5 heteroatoms. The van der Waals surface area contributed by atoms with Crippen LogP contribution in [0.15, 0.2) is 48.8 Å². The van der Waals surface area contributed by atoms with Crippen molar-refractivity contribution in [1.29, 1.82) is 0 Å². The van der Waals surface area contributed by atoms with Gasteiger partial charge in [-0.15, -0.1) is 0 Å². The number of nitrogens with one attached hydrogen (secondary N) is 2. The van der Waals surface area contributed by atoms with Crippen LogP contribution in [0.5, 0.6) is 0 Å². The van der Waals surface area contributed by atoms with Crippen molar-refractivity contribution in [2.75, 3.05) is 13.1 Å². The van der Waals surface area contributed by atoms with Crippen LogP contribution in [0, 0.1) is 0 Å². The number of piperidine rings is 1. The molecule has 4 heterocycles. The van der Waals surface area contributed by atoms with Gasteiger partial charge in [0.05, 0.1) is 11.2 Å². The molecule has 0 radical (unpaired) electrons. The van der Waals surface area contributed by atoms with Crippen molar-refractivity contribution in [3.05, 3.63) is 60.0 Å². The zero-order valence-electron chi connectivity index (χ0n) is 14.1. The van der Waals surface area contributed by atoms with Crippen LogP contribution >= 0.6 is 0 Å². The highest BCUT2D eigenvalue weighted by Crippen LogP contribution is 2.34. The van der Waals surface area contributed by atoms with Gasteiger partial charge in [0.15, 0.2) is 5.65 Å². The fraction of sp³-hybridized carbons (Fsp3) is 0.300. The van der Waals surface area contributed by atoms with Gasteiger partial charge in [-0.25, -0.2) is 9.97 Å². The second-order valence-electron chi connectivity index (χ2n) is 6.92. The molecule has 0 aliphatic carbocycles. The molecule has 3 aromatic heterocycles. The molecule has 0 atom stereocenters. The Morgan fingerprint density at radius 2 is 1.88 bits per heavy atom. The summed E-state index contributed by atoms with van der Waals surface area (Å²) in [6.07, 6.45) is 6.14. The number of aromatic amines is 2. The van der Waals surface area contributed by atoms with Crippen LogP contribution in [0.1, 0.15) is 30.0 Å². The molecule has 0 saturated carbocycles. The van der Waals surface area contributed by atoms with Gasteiger partial charge in [-0.05, 0) is 37.6 Å². The topological polar surface area (TPSA) is 60.6 Å². The van der Waals surface area contributed by atoms with E-state index >= 15 is 0 Å². The molecule has 0 unspecified atom stereocenters. The molecule has 1 fully saturated rings. The van der Waals surface area contributed by atoms with Crippen molar-refractivity contribution >= 4 is 21.9 Å². The molecule has 5 rings (SSSR count). The molecule has 1 aliphatic heterocycles. The minimum absolute atomic E-state index is 0.489. The fourth-order valence-electron chi connectivity index (χ4n) is 4.03. The monoisotopic (exact) mass is 331 g/mol. The normalized spacial score (nSPS) is 16.8. The van der Waals surface area contributed by atoms with Crippen LogP contribution in [0.4, 0.5) is 0 Å². The first-order valence-electron chi connectivity index (χ1n) is 8.95. The molecule has 2 N–H and O–H groups in total. The Hall–Kier alpha value is -2.66. The molecule has 0 bridgehead atoms. The Labute approximate surface area is 146 Å². The summed E-state index contributed by atoms with van der Waals surface area (Å²) in [6, 6.07) is 12.8. The summed E-state index contributed by atoms with van der Waals surface area (Å²) in [5, 5.41) is 8.75. The van der Waals surface area contributed by atoms with E-state index in [1.165, 1.54) is 16.6 Å². The van der Waals surface area contributed by atoms with Gasteiger partial charge in [-0.1, -0.05) is 30.3 Å². The van der Waals surface area contributed by atoms with Crippen molar-refractivity contribution in [2.45, 2.75) is 25.3 Å². The SMILES string of the molecule is c1ccc(CN2CCC(c3nc4nccc4c4c[nH][nH]c34)CC2)cc1. The number of hydrogen-bond acceptors (Lipinski definition) is 3. The molecule has 4 aromatic rings. The lowest BCUT2D eigenvalue weighted by atomic mass is 9.91. The lowest BCUT2D eigenvalue weighted by Crippen LogP contribution is -2.32. The average Bonchev–Trinajstić information content (AvgIpc) is 3.31. The largest absolute Gasteiger partial charge is 0.307 e. The van der Waals surface area contributed by atoms with E-state index < -0.39 is 0 Å². The van der Waals surface area contributed by atoms with E-state index in [1.54, 1.807) is 0 Å². The predicted molar refractivity (Wildman–Crippen MR) is 99.4 cm³/mol. The molecule has 0 amide bonds. The predicted octanol–water partition coefficient (Wildman–Crippen LogP) is 3.82. The van der Waals surface area contributed by atoms with Gasteiger partial charge in [0.25, 0.3) is 0 Å². The molecular weight excluding hydrogens is 310 g/mol. The third kappa shape index (κ3) is 2.61. The standard InChI is InChI=1S/C20H21N5/c1-2-4-14(5-3-1)13-25-10-7-15(8-11-25)18-19-17(12-22-24-19)16-6-9-21-20(16)23-18/h1-6,9,12,15,22,24H,7-8,10-11,13H2. The number of likely N-dealkylation sites (tertiary alicyclic amines) is 1. The maximum atomic E-state index is 4.89. The Morgan fingerprint density at radius 1 is 1.04 bits per heavy atom.